The van der Waals surface area contributed by atoms with Crippen LogP contribution < -0.4 is 9.47 Å². The monoisotopic (exact) mass is 588 g/mol. The summed E-state index contributed by atoms with van der Waals surface area (Å²) in [6.07, 6.45) is 4.54. The third-order valence-electron chi connectivity index (χ3n) is 3.53. The van der Waals surface area contributed by atoms with E-state index in [4.69, 9.17) is 9.47 Å². The van der Waals surface area contributed by atoms with E-state index in [1.165, 1.54) is 9.79 Å². The fourth-order valence-electron chi connectivity index (χ4n) is 2.19. The van der Waals surface area contributed by atoms with Crippen molar-refractivity contribution in [3.05, 3.63) is 42.2 Å². The smallest absolute Gasteiger partial charge is 0.147 e. The molecule has 0 radical (unpaired) electrons. The summed E-state index contributed by atoms with van der Waals surface area (Å²) in [4.78, 5) is 2.50. The molecule has 0 aliphatic heterocycles. The first-order valence-corrected chi connectivity index (χ1v) is 12.1. The van der Waals surface area contributed by atoms with Crippen molar-refractivity contribution in [1.29, 1.82) is 0 Å². The van der Waals surface area contributed by atoms with Crippen molar-refractivity contribution >= 4 is 73.7 Å². The van der Waals surface area contributed by atoms with Gasteiger partial charge in [-0.15, -0.1) is 0 Å². The van der Waals surface area contributed by atoms with Crippen molar-refractivity contribution in [3.63, 3.8) is 0 Å². The lowest BCUT2D eigenvalue weighted by Gasteiger charge is -2.33. The number of rotatable bonds is 4. The Hall–Kier alpha value is 0.310. The Kier molecular flexibility index (Phi) is 6.56. The highest BCUT2D eigenvalue weighted by atomic mass is 79.9. The van der Waals surface area contributed by atoms with E-state index in [2.05, 4.69) is 100 Å². The molecule has 0 saturated heterocycles. The van der Waals surface area contributed by atoms with Crippen molar-refractivity contribution in [1.82, 2.24) is 0 Å². The maximum Gasteiger partial charge on any atom is 0.147 e. The highest BCUT2D eigenvalue weighted by Crippen LogP contribution is 2.60. The summed E-state index contributed by atoms with van der Waals surface area (Å²) in [5, 5.41) is 0. The molecule has 0 aromatic heterocycles. The van der Waals surface area contributed by atoms with Gasteiger partial charge in [-0.1, -0.05) is 0 Å². The van der Waals surface area contributed by atoms with E-state index in [-0.39, 0.29) is 0 Å². The quantitative estimate of drug-likeness (QED) is 0.373. The van der Waals surface area contributed by atoms with Gasteiger partial charge in [0.1, 0.15) is 11.5 Å². The first kappa shape index (κ1) is 19.6. The normalized spacial score (nSPS) is 12.2. The lowest BCUT2D eigenvalue weighted by molar-refractivity contribution is 0.409. The Morgan fingerprint density at radius 2 is 0.913 bits per heavy atom. The van der Waals surface area contributed by atoms with Gasteiger partial charge in [-0.05, 0) is 110 Å². The second-order valence-electron chi connectivity index (χ2n) is 5.17. The van der Waals surface area contributed by atoms with Gasteiger partial charge in [-0.2, -0.15) is 10.0 Å². The van der Waals surface area contributed by atoms with E-state index in [1.54, 1.807) is 14.2 Å². The van der Waals surface area contributed by atoms with Crippen LogP contribution in [0, 0.1) is 0 Å². The van der Waals surface area contributed by atoms with Crippen LogP contribution in [0.25, 0.3) is 0 Å². The van der Waals surface area contributed by atoms with Crippen LogP contribution in [0.2, 0.25) is 0 Å². The molecule has 0 spiro atoms. The highest BCUT2D eigenvalue weighted by Gasteiger charge is 2.23. The molecule has 0 aliphatic carbocycles. The predicted octanol–water partition coefficient (Wildman–Crippen LogP) is 7.24. The Morgan fingerprint density at radius 3 is 1.13 bits per heavy atom. The zero-order valence-corrected chi connectivity index (χ0v) is 20.2. The molecule has 0 atom stereocenters. The molecule has 126 valence electrons. The lowest BCUT2D eigenvalue weighted by Crippen LogP contribution is -2.00. The second kappa shape index (κ2) is 7.68. The number of hydrogen-bond acceptors (Lipinski definition) is 2. The minimum Gasteiger partial charge on any atom is -0.494 e. The topological polar surface area (TPSA) is 18.5 Å². The molecular formula is C16H16Br4O2S. The van der Waals surface area contributed by atoms with Crippen LogP contribution in [0.15, 0.2) is 51.9 Å². The largest absolute Gasteiger partial charge is 0.494 e. The van der Waals surface area contributed by atoms with Crippen LogP contribution in [-0.4, -0.2) is 26.7 Å². The van der Waals surface area contributed by atoms with Crippen LogP contribution in [0.4, 0.5) is 0 Å². The fraction of sp³-hybridized carbons (Fsp3) is 0.250. The van der Waals surface area contributed by atoms with E-state index < -0.39 is 10.0 Å². The summed E-state index contributed by atoms with van der Waals surface area (Å²) in [7, 11) is 2.12. The van der Waals surface area contributed by atoms with Gasteiger partial charge >= 0.3 is 0 Å². The van der Waals surface area contributed by atoms with Crippen LogP contribution in [-0.2, 0) is 0 Å². The van der Waals surface area contributed by atoms with E-state index in [0.29, 0.717) is 0 Å². The van der Waals surface area contributed by atoms with Crippen LogP contribution in [0.5, 0.6) is 11.5 Å². The summed E-state index contributed by atoms with van der Waals surface area (Å²) >= 11 is 14.4. The highest BCUT2D eigenvalue weighted by molar-refractivity contribution is 9.11. The summed E-state index contributed by atoms with van der Waals surface area (Å²) in [5.41, 5.74) is 0. The van der Waals surface area contributed by atoms with Crippen molar-refractivity contribution in [2.75, 3.05) is 26.7 Å². The summed E-state index contributed by atoms with van der Waals surface area (Å²) < 4.78 is 14.6. The van der Waals surface area contributed by atoms with Gasteiger partial charge < -0.3 is 9.47 Å². The summed E-state index contributed by atoms with van der Waals surface area (Å²) in [6, 6.07) is 8.52. The molecule has 0 amide bonds. The molecule has 2 aromatic carbocycles. The SMILES string of the molecule is COc1c(Br)cc(S(C)(C)c2cc(Br)c(OC)c(Br)c2)cc1Br. The Balaban J connectivity index is 2.59. The first-order valence-electron chi connectivity index (χ1n) is 6.51. The molecule has 7 heteroatoms. The Labute approximate surface area is 172 Å². The first-order chi connectivity index (χ1) is 10.7. The third kappa shape index (κ3) is 3.94. The number of hydrogen-bond donors (Lipinski definition) is 0. The second-order valence-corrected chi connectivity index (χ2v) is 12.2. The minimum absolute atomic E-state index is 0.807. The molecule has 2 aromatic rings. The molecule has 0 bridgehead atoms. The van der Waals surface area contributed by atoms with E-state index >= 15 is 0 Å². The van der Waals surface area contributed by atoms with E-state index in [9.17, 15) is 0 Å². The Morgan fingerprint density at radius 1 is 0.652 bits per heavy atom. The third-order valence-corrected chi connectivity index (χ3v) is 8.71. The van der Waals surface area contributed by atoms with Crippen molar-refractivity contribution < 1.29 is 9.47 Å². The number of halogens is 4. The number of benzene rings is 2. The van der Waals surface area contributed by atoms with E-state index in [1.807, 2.05) is 0 Å². The van der Waals surface area contributed by atoms with Gasteiger partial charge in [0.25, 0.3) is 0 Å². The van der Waals surface area contributed by atoms with Crippen molar-refractivity contribution in [2.45, 2.75) is 9.79 Å². The number of methoxy groups -OCH3 is 2. The summed E-state index contributed by atoms with van der Waals surface area (Å²) in [5.74, 6) is 1.61. The maximum atomic E-state index is 5.40. The maximum absolute atomic E-state index is 5.40. The van der Waals surface area contributed by atoms with Gasteiger partial charge in [-0.3, -0.25) is 0 Å². The molecule has 0 N–H and O–H groups in total. The van der Waals surface area contributed by atoms with Gasteiger partial charge in [0.2, 0.25) is 0 Å². The number of ether oxygens (including phenoxy) is 2. The molecule has 0 unspecified atom stereocenters. The standard InChI is InChI=1S/C16H16Br4O2S/c1-21-15-11(17)5-9(6-12(15)18)23(3,4)10-7-13(19)16(22-2)14(20)8-10/h5-8H,1-4H3. The molecule has 23 heavy (non-hydrogen) atoms. The lowest BCUT2D eigenvalue weighted by atomic mass is 10.3. The molecule has 2 rings (SSSR count). The molecule has 2 nitrogen and oxygen atoms in total. The zero-order valence-electron chi connectivity index (χ0n) is 13.0. The molecule has 0 heterocycles. The van der Waals surface area contributed by atoms with E-state index in [0.717, 1.165) is 29.4 Å². The van der Waals surface area contributed by atoms with Crippen LogP contribution in [0.3, 0.4) is 0 Å². The molecule has 0 fully saturated rings. The average Bonchev–Trinajstić information content (AvgIpc) is 2.46. The molecule has 0 saturated carbocycles. The van der Waals surface area contributed by atoms with Crippen LogP contribution in [0.1, 0.15) is 0 Å². The van der Waals surface area contributed by atoms with Crippen molar-refractivity contribution in [2.24, 2.45) is 0 Å². The zero-order chi connectivity index (χ0) is 17.4. The molecule has 0 aliphatic rings. The van der Waals surface area contributed by atoms with Gasteiger partial charge in [0.15, 0.2) is 0 Å². The Bertz CT molecular complexity index is 639. The van der Waals surface area contributed by atoms with Gasteiger partial charge in [0, 0.05) is 0 Å². The van der Waals surface area contributed by atoms with Gasteiger partial charge in [-0.25, -0.2) is 0 Å². The molecular weight excluding hydrogens is 576 g/mol. The predicted molar refractivity (Wildman–Crippen MR) is 113 cm³/mol. The van der Waals surface area contributed by atoms with Crippen molar-refractivity contribution in [3.8, 4) is 11.5 Å². The average molecular weight is 592 g/mol. The van der Waals surface area contributed by atoms with Gasteiger partial charge in [0.05, 0.1) is 32.1 Å². The van der Waals surface area contributed by atoms with Crippen LogP contribution >= 0.6 is 73.7 Å². The fourth-order valence-corrected chi connectivity index (χ4v) is 7.74. The minimum atomic E-state index is -1.21. The summed E-state index contributed by atoms with van der Waals surface area (Å²) in [6.45, 7) is 0.